The minimum Gasteiger partial charge on any atom is -0.342 e. The van der Waals surface area contributed by atoms with E-state index in [9.17, 15) is 9.18 Å². The van der Waals surface area contributed by atoms with Crippen molar-refractivity contribution in [2.45, 2.75) is 44.4 Å². The molecule has 2 aromatic heterocycles. The van der Waals surface area contributed by atoms with Gasteiger partial charge in [-0.3, -0.25) is 9.20 Å². The standard InChI is InChI=1S/C23H25FN4OS/c24-16-5-1-6-17(12-16)25-22-26-19(21-28(22)10-11-30-21)15-4-2-9-27(14-15)20(29)18-13-23(18)7-3-8-23/h1,5-6,10-12,15,18H,2-4,7-9,13-14H2,(H,25,26)/t15-,18-/m0/s1. The second-order valence-electron chi connectivity index (χ2n) is 9.13. The Hall–Kier alpha value is -2.41. The molecule has 1 amide bonds. The molecule has 0 unspecified atom stereocenters. The van der Waals surface area contributed by atoms with E-state index < -0.39 is 0 Å². The Morgan fingerprint density at radius 3 is 2.97 bits per heavy atom. The number of hydrogen-bond acceptors (Lipinski definition) is 4. The van der Waals surface area contributed by atoms with Crippen molar-refractivity contribution < 1.29 is 9.18 Å². The zero-order chi connectivity index (χ0) is 20.3. The van der Waals surface area contributed by atoms with E-state index in [0.717, 1.165) is 42.9 Å². The van der Waals surface area contributed by atoms with Crippen LogP contribution in [0.25, 0.3) is 4.83 Å². The lowest BCUT2D eigenvalue weighted by Crippen LogP contribution is -2.41. The molecule has 30 heavy (non-hydrogen) atoms. The quantitative estimate of drug-likeness (QED) is 0.628. The fourth-order valence-corrected chi connectivity index (χ4v) is 6.30. The van der Waals surface area contributed by atoms with E-state index in [1.54, 1.807) is 17.4 Å². The largest absolute Gasteiger partial charge is 0.342 e. The van der Waals surface area contributed by atoms with Gasteiger partial charge in [0.25, 0.3) is 0 Å². The number of imidazole rings is 1. The molecule has 2 aliphatic carbocycles. The number of carbonyl (C=O) groups excluding carboxylic acids is 1. The summed E-state index contributed by atoms with van der Waals surface area (Å²) in [7, 11) is 0. The Balaban J connectivity index is 1.24. The summed E-state index contributed by atoms with van der Waals surface area (Å²) in [6.45, 7) is 1.63. The molecule has 1 aliphatic heterocycles. The van der Waals surface area contributed by atoms with Gasteiger partial charge in [0.15, 0.2) is 0 Å². The van der Waals surface area contributed by atoms with Gasteiger partial charge in [0.05, 0.1) is 5.69 Å². The number of carbonyl (C=O) groups is 1. The van der Waals surface area contributed by atoms with Crippen molar-refractivity contribution in [2.24, 2.45) is 11.3 Å². The zero-order valence-corrected chi connectivity index (χ0v) is 17.6. The van der Waals surface area contributed by atoms with E-state index in [4.69, 9.17) is 4.98 Å². The summed E-state index contributed by atoms with van der Waals surface area (Å²) in [5.41, 5.74) is 2.11. The topological polar surface area (TPSA) is 49.6 Å². The van der Waals surface area contributed by atoms with Crippen LogP contribution in [0.3, 0.4) is 0 Å². The van der Waals surface area contributed by atoms with Crippen molar-refractivity contribution in [3.63, 3.8) is 0 Å². The van der Waals surface area contributed by atoms with Crippen molar-refractivity contribution in [1.82, 2.24) is 14.3 Å². The molecule has 156 valence electrons. The number of nitrogens with zero attached hydrogens (tertiary/aromatic N) is 3. The molecular weight excluding hydrogens is 399 g/mol. The lowest BCUT2D eigenvalue weighted by Gasteiger charge is -2.34. The van der Waals surface area contributed by atoms with Crippen LogP contribution in [0.15, 0.2) is 35.8 Å². The van der Waals surface area contributed by atoms with E-state index in [0.29, 0.717) is 23.0 Å². The van der Waals surface area contributed by atoms with Crippen LogP contribution in [0.5, 0.6) is 0 Å². The molecule has 1 aromatic carbocycles. The van der Waals surface area contributed by atoms with E-state index in [1.165, 1.54) is 31.4 Å². The second-order valence-corrected chi connectivity index (χ2v) is 10.0. The Kier molecular flexibility index (Phi) is 4.17. The van der Waals surface area contributed by atoms with Gasteiger partial charge in [0, 0.05) is 42.2 Å². The van der Waals surface area contributed by atoms with Gasteiger partial charge in [-0.2, -0.15) is 0 Å². The summed E-state index contributed by atoms with van der Waals surface area (Å²) in [4.78, 5) is 21.2. The predicted octanol–water partition coefficient (Wildman–Crippen LogP) is 5.17. The van der Waals surface area contributed by atoms with Gasteiger partial charge in [0.2, 0.25) is 11.9 Å². The lowest BCUT2D eigenvalue weighted by molar-refractivity contribution is -0.135. The summed E-state index contributed by atoms with van der Waals surface area (Å²) in [5, 5.41) is 5.31. The van der Waals surface area contributed by atoms with Gasteiger partial charge >= 0.3 is 0 Å². The summed E-state index contributed by atoms with van der Waals surface area (Å²) in [6, 6.07) is 6.43. The first-order chi connectivity index (χ1) is 14.6. The molecule has 5 nitrogen and oxygen atoms in total. The van der Waals surface area contributed by atoms with Gasteiger partial charge in [-0.25, -0.2) is 9.37 Å². The van der Waals surface area contributed by atoms with Gasteiger partial charge in [-0.05, 0) is 55.7 Å². The number of amides is 1. The number of thiazole rings is 1. The van der Waals surface area contributed by atoms with Gasteiger partial charge in [-0.1, -0.05) is 12.5 Å². The third-order valence-corrected chi connectivity index (χ3v) is 8.21. The normalized spacial score (nSPS) is 24.8. The summed E-state index contributed by atoms with van der Waals surface area (Å²) in [6.07, 6.45) is 8.94. The number of fused-ring (bicyclic) bond motifs is 1. The Bertz CT molecular complexity index is 1120. The van der Waals surface area contributed by atoms with Crippen LogP contribution in [0.1, 0.15) is 50.1 Å². The van der Waals surface area contributed by atoms with Crippen molar-refractivity contribution in [1.29, 1.82) is 0 Å². The summed E-state index contributed by atoms with van der Waals surface area (Å²) < 4.78 is 15.6. The van der Waals surface area contributed by atoms with E-state index in [-0.39, 0.29) is 17.7 Å². The average Bonchev–Trinajstić information content (AvgIpc) is 3.17. The number of piperidine rings is 1. The zero-order valence-electron chi connectivity index (χ0n) is 16.8. The third-order valence-electron chi connectivity index (χ3n) is 7.32. The van der Waals surface area contributed by atoms with E-state index in [1.807, 2.05) is 22.0 Å². The highest BCUT2D eigenvalue weighted by Crippen LogP contribution is 2.66. The van der Waals surface area contributed by atoms with Crippen LogP contribution < -0.4 is 5.32 Å². The van der Waals surface area contributed by atoms with Gasteiger partial charge < -0.3 is 10.2 Å². The Labute approximate surface area is 178 Å². The fraction of sp³-hybridized carbons (Fsp3) is 0.478. The van der Waals surface area contributed by atoms with Crippen LogP contribution >= 0.6 is 11.3 Å². The molecule has 0 bridgehead atoms. The number of aromatic nitrogens is 2. The van der Waals surface area contributed by atoms with Crippen LogP contribution in [-0.2, 0) is 4.79 Å². The molecular formula is C23H25FN4OS. The lowest BCUT2D eigenvalue weighted by atomic mass is 9.79. The molecule has 2 atom stereocenters. The number of rotatable bonds is 4. The number of anilines is 2. The Morgan fingerprint density at radius 2 is 2.20 bits per heavy atom. The number of likely N-dealkylation sites (tertiary alicyclic amines) is 1. The molecule has 2 saturated carbocycles. The Morgan fingerprint density at radius 1 is 1.30 bits per heavy atom. The molecule has 3 aromatic rings. The van der Waals surface area contributed by atoms with Crippen molar-refractivity contribution in [3.05, 3.63) is 47.4 Å². The molecule has 3 aliphatic rings. The highest BCUT2D eigenvalue weighted by molar-refractivity contribution is 7.15. The van der Waals surface area contributed by atoms with E-state index >= 15 is 0 Å². The van der Waals surface area contributed by atoms with Crippen LogP contribution in [0.2, 0.25) is 0 Å². The molecule has 0 radical (unpaired) electrons. The molecule has 7 heteroatoms. The van der Waals surface area contributed by atoms with Crippen LogP contribution in [0.4, 0.5) is 16.0 Å². The maximum absolute atomic E-state index is 13.6. The number of benzene rings is 1. The highest BCUT2D eigenvalue weighted by Gasteiger charge is 2.61. The van der Waals surface area contributed by atoms with Crippen LogP contribution in [0, 0.1) is 17.2 Å². The minimum atomic E-state index is -0.274. The monoisotopic (exact) mass is 424 g/mol. The van der Waals surface area contributed by atoms with Crippen molar-refractivity contribution in [2.75, 3.05) is 18.4 Å². The van der Waals surface area contributed by atoms with Crippen molar-refractivity contribution >= 4 is 33.7 Å². The predicted molar refractivity (Wildman–Crippen MR) is 116 cm³/mol. The molecule has 3 heterocycles. The maximum atomic E-state index is 13.6. The van der Waals surface area contributed by atoms with E-state index in [2.05, 4.69) is 10.2 Å². The maximum Gasteiger partial charge on any atom is 0.226 e. The first-order valence-electron chi connectivity index (χ1n) is 10.9. The number of hydrogen-bond donors (Lipinski definition) is 1. The SMILES string of the molecule is O=C([C@@H]1CC12CCC2)N1CCC[C@H](c2nc(Nc3cccc(F)c3)n3ccsc23)C1. The number of nitrogens with one attached hydrogen (secondary N) is 1. The average molecular weight is 425 g/mol. The minimum absolute atomic E-state index is 0.246. The summed E-state index contributed by atoms with van der Waals surface area (Å²) in [5.74, 6) is 1.32. The van der Waals surface area contributed by atoms with Gasteiger partial charge in [-0.15, -0.1) is 11.3 Å². The summed E-state index contributed by atoms with van der Waals surface area (Å²) >= 11 is 1.67. The van der Waals surface area contributed by atoms with Crippen molar-refractivity contribution in [3.8, 4) is 0 Å². The first-order valence-corrected chi connectivity index (χ1v) is 11.8. The van der Waals surface area contributed by atoms with Gasteiger partial charge in [0.1, 0.15) is 10.6 Å². The molecule has 1 saturated heterocycles. The smallest absolute Gasteiger partial charge is 0.226 e. The molecule has 1 spiro atoms. The molecule has 3 fully saturated rings. The highest BCUT2D eigenvalue weighted by atomic mass is 32.1. The third kappa shape index (κ3) is 2.94. The second kappa shape index (κ2) is 6.80. The molecule has 6 rings (SSSR count). The first kappa shape index (κ1) is 18.4. The molecule has 1 N–H and O–H groups in total. The fourth-order valence-electron chi connectivity index (χ4n) is 5.40. The van der Waals surface area contributed by atoms with Crippen LogP contribution in [-0.4, -0.2) is 33.3 Å². The number of halogens is 1.